The van der Waals surface area contributed by atoms with Crippen molar-refractivity contribution < 1.29 is 14.3 Å². The lowest BCUT2D eigenvalue weighted by molar-refractivity contribution is -0.145. The van der Waals surface area contributed by atoms with Gasteiger partial charge in [0.15, 0.2) is 0 Å². The van der Waals surface area contributed by atoms with Crippen LogP contribution in [0, 0.1) is 22.7 Å². The average Bonchev–Trinajstić information content (AvgIpc) is 2.66. The van der Waals surface area contributed by atoms with Gasteiger partial charge in [0, 0.05) is 38.1 Å². The van der Waals surface area contributed by atoms with Gasteiger partial charge in [-0.25, -0.2) is 4.79 Å². The first-order valence-corrected chi connectivity index (χ1v) is 7.81. The number of carbonyl (C=O) groups excluding carboxylic acids is 2. The van der Waals surface area contributed by atoms with Crippen molar-refractivity contribution in [1.82, 2.24) is 4.90 Å². The van der Waals surface area contributed by atoms with E-state index in [0.29, 0.717) is 42.6 Å². The highest BCUT2D eigenvalue weighted by molar-refractivity contribution is 5.92. The third-order valence-corrected chi connectivity index (χ3v) is 3.84. The lowest BCUT2D eigenvalue weighted by Crippen LogP contribution is -2.40. The molecule has 1 aliphatic heterocycles. The fourth-order valence-corrected chi connectivity index (χ4v) is 2.56. The Hall–Kier alpha value is -3.38. The van der Waals surface area contributed by atoms with Crippen LogP contribution in [0.3, 0.4) is 0 Å². The Morgan fingerprint density at radius 3 is 2.28 bits per heavy atom. The molecule has 6 heteroatoms. The topological polar surface area (TPSA) is 94.2 Å². The average molecular weight is 335 g/mol. The van der Waals surface area contributed by atoms with Crippen molar-refractivity contribution in [2.45, 2.75) is 18.9 Å². The minimum Gasteiger partial charge on any atom is -0.459 e. The first-order chi connectivity index (χ1) is 12.0. The third kappa shape index (κ3) is 5.05. The zero-order chi connectivity index (χ0) is 18.2. The van der Waals surface area contributed by atoms with Crippen LogP contribution in [0.25, 0.3) is 6.08 Å². The number of nitrogens with zero attached hydrogens (tertiary/aromatic N) is 3. The van der Waals surface area contributed by atoms with Crippen LogP contribution in [0.2, 0.25) is 0 Å². The second-order valence-corrected chi connectivity index (χ2v) is 5.57. The van der Waals surface area contributed by atoms with Gasteiger partial charge in [0.1, 0.15) is 6.10 Å². The molecule has 0 aliphatic carbocycles. The van der Waals surface area contributed by atoms with E-state index in [1.807, 2.05) is 12.1 Å². The van der Waals surface area contributed by atoms with E-state index in [0.717, 1.165) is 6.08 Å². The molecule has 1 aliphatic rings. The van der Waals surface area contributed by atoms with Crippen LogP contribution in [0.4, 0.5) is 0 Å². The number of rotatable bonds is 4. The number of amides is 1. The Bertz CT molecular complexity index is 759. The Labute approximate surface area is 146 Å². The van der Waals surface area contributed by atoms with E-state index < -0.39 is 5.97 Å². The van der Waals surface area contributed by atoms with Crippen LogP contribution < -0.4 is 0 Å². The van der Waals surface area contributed by atoms with Gasteiger partial charge in [-0.15, -0.1) is 0 Å². The molecule has 1 amide bonds. The molecule has 2 rings (SSSR count). The van der Waals surface area contributed by atoms with Gasteiger partial charge in [-0.3, -0.25) is 4.79 Å². The largest absolute Gasteiger partial charge is 0.459 e. The van der Waals surface area contributed by atoms with Crippen molar-refractivity contribution in [2.75, 3.05) is 13.1 Å². The van der Waals surface area contributed by atoms with Gasteiger partial charge in [-0.05, 0) is 29.8 Å². The van der Waals surface area contributed by atoms with E-state index in [1.54, 1.807) is 23.1 Å². The number of hydrogen-bond acceptors (Lipinski definition) is 5. The molecule has 0 bridgehead atoms. The summed E-state index contributed by atoms with van der Waals surface area (Å²) in [5.74, 6) is -0.607. The highest BCUT2D eigenvalue weighted by Gasteiger charge is 2.23. The lowest BCUT2D eigenvalue weighted by Gasteiger charge is -2.30. The number of benzene rings is 1. The maximum Gasteiger partial charge on any atom is 0.330 e. The number of carbonyl (C=O) groups is 2. The van der Waals surface area contributed by atoms with Gasteiger partial charge in [0.05, 0.1) is 23.3 Å². The van der Waals surface area contributed by atoms with Crippen molar-refractivity contribution in [1.29, 1.82) is 10.5 Å². The summed E-state index contributed by atoms with van der Waals surface area (Å²) in [4.78, 5) is 25.1. The number of piperidine rings is 1. The summed E-state index contributed by atoms with van der Waals surface area (Å²) in [6, 6.07) is 8.71. The van der Waals surface area contributed by atoms with Gasteiger partial charge in [-0.1, -0.05) is 6.58 Å². The second-order valence-electron chi connectivity index (χ2n) is 5.57. The normalized spacial score (nSPS) is 14.6. The Morgan fingerprint density at radius 2 is 1.76 bits per heavy atom. The first-order valence-electron chi connectivity index (χ1n) is 7.81. The Kier molecular flexibility index (Phi) is 6.08. The van der Waals surface area contributed by atoms with Crippen molar-refractivity contribution in [3.63, 3.8) is 0 Å². The molecular formula is C19H17N3O3. The molecule has 0 spiro atoms. The van der Waals surface area contributed by atoms with E-state index in [2.05, 4.69) is 6.58 Å². The van der Waals surface area contributed by atoms with Crippen molar-refractivity contribution >= 4 is 18.0 Å². The van der Waals surface area contributed by atoms with Crippen molar-refractivity contribution in [2.24, 2.45) is 0 Å². The fraction of sp³-hybridized carbons (Fsp3) is 0.263. The van der Waals surface area contributed by atoms with Gasteiger partial charge in [0.25, 0.3) is 0 Å². The monoisotopic (exact) mass is 335 g/mol. The van der Waals surface area contributed by atoms with Crippen molar-refractivity contribution in [3.8, 4) is 12.1 Å². The highest BCUT2D eigenvalue weighted by atomic mass is 16.5. The van der Waals surface area contributed by atoms with Crippen molar-refractivity contribution in [3.05, 3.63) is 53.6 Å². The Morgan fingerprint density at radius 1 is 1.16 bits per heavy atom. The number of hydrogen-bond donors (Lipinski definition) is 0. The fourth-order valence-electron chi connectivity index (χ4n) is 2.56. The summed E-state index contributed by atoms with van der Waals surface area (Å²) in [5, 5.41) is 17.9. The first kappa shape index (κ1) is 18.0. The van der Waals surface area contributed by atoms with Gasteiger partial charge in [-0.2, -0.15) is 10.5 Å². The maximum absolute atomic E-state index is 12.3. The molecule has 1 saturated heterocycles. The summed E-state index contributed by atoms with van der Waals surface area (Å²) in [7, 11) is 0. The van der Waals surface area contributed by atoms with E-state index >= 15 is 0 Å². The van der Waals surface area contributed by atoms with Crippen LogP contribution in [-0.4, -0.2) is 36.0 Å². The smallest absolute Gasteiger partial charge is 0.330 e. The quantitative estimate of drug-likeness (QED) is 0.621. The molecule has 1 fully saturated rings. The summed E-state index contributed by atoms with van der Waals surface area (Å²) >= 11 is 0. The van der Waals surface area contributed by atoms with Gasteiger partial charge in [0.2, 0.25) is 5.91 Å². The third-order valence-electron chi connectivity index (χ3n) is 3.84. The summed E-state index contributed by atoms with van der Waals surface area (Å²) < 4.78 is 5.17. The van der Waals surface area contributed by atoms with E-state index in [1.165, 1.54) is 12.1 Å². The zero-order valence-electron chi connectivity index (χ0n) is 13.6. The molecule has 6 nitrogen and oxygen atoms in total. The number of ether oxygens (including phenoxy) is 1. The van der Waals surface area contributed by atoms with Crippen LogP contribution in [-0.2, 0) is 14.3 Å². The minimum absolute atomic E-state index is 0.158. The molecule has 126 valence electrons. The van der Waals surface area contributed by atoms with Crippen LogP contribution >= 0.6 is 0 Å². The van der Waals surface area contributed by atoms with E-state index in [9.17, 15) is 9.59 Å². The second kappa shape index (κ2) is 8.47. The zero-order valence-corrected chi connectivity index (χ0v) is 13.6. The van der Waals surface area contributed by atoms with Gasteiger partial charge >= 0.3 is 5.97 Å². The number of esters is 1. The minimum atomic E-state index is -0.449. The van der Waals surface area contributed by atoms with Crippen LogP contribution in [0.5, 0.6) is 0 Å². The van der Waals surface area contributed by atoms with Crippen LogP contribution in [0.1, 0.15) is 29.5 Å². The summed E-state index contributed by atoms with van der Waals surface area (Å²) in [6.07, 6.45) is 5.12. The molecule has 1 aromatic carbocycles. The Balaban J connectivity index is 1.96. The van der Waals surface area contributed by atoms with E-state index in [4.69, 9.17) is 15.3 Å². The number of likely N-dealkylation sites (tertiary alicyclic amines) is 1. The predicted molar refractivity (Wildman–Crippen MR) is 90.8 cm³/mol. The molecule has 0 aromatic heterocycles. The van der Waals surface area contributed by atoms with Crippen LogP contribution in [0.15, 0.2) is 36.9 Å². The number of nitriles is 2. The molecule has 1 heterocycles. The SMILES string of the molecule is C=CC(=O)OC1CCN(C(=O)/C=C/c2cc(C#N)cc(C#N)c2)CC1. The maximum atomic E-state index is 12.3. The molecule has 25 heavy (non-hydrogen) atoms. The lowest BCUT2D eigenvalue weighted by atomic mass is 10.1. The molecule has 0 unspecified atom stereocenters. The summed E-state index contributed by atoms with van der Waals surface area (Å²) in [6.45, 7) is 4.36. The molecule has 0 saturated carbocycles. The molecule has 0 radical (unpaired) electrons. The standard InChI is InChI=1S/C19H17N3O3/c1-2-19(24)25-17-5-7-22(8-6-17)18(23)4-3-14-9-15(12-20)11-16(10-14)13-21/h2-4,9-11,17H,1,5-8H2/b4-3+. The summed E-state index contributed by atoms with van der Waals surface area (Å²) in [5.41, 5.74) is 1.37. The molecule has 1 aromatic rings. The van der Waals surface area contributed by atoms with E-state index in [-0.39, 0.29) is 12.0 Å². The molecular weight excluding hydrogens is 318 g/mol. The highest BCUT2D eigenvalue weighted by Crippen LogP contribution is 2.15. The van der Waals surface area contributed by atoms with Gasteiger partial charge < -0.3 is 9.64 Å². The molecule has 0 atom stereocenters. The predicted octanol–water partition coefficient (Wildman–Crippen LogP) is 2.16. The molecule has 0 N–H and O–H groups in total.